The lowest BCUT2D eigenvalue weighted by molar-refractivity contribution is 0.367. The molecule has 2 fully saturated rings. The van der Waals surface area contributed by atoms with Crippen LogP contribution in [-0.2, 0) is 0 Å². The summed E-state index contributed by atoms with van der Waals surface area (Å²) in [6, 6.07) is 1.52. The molecule has 0 bridgehead atoms. The summed E-state index contributed by atoms with van der Waals surface area (Å²) in [5, 5.41) is 8.24. The molecule has 15 heavy (non-hydrogen) atoms. The van der Waals surface area contributed by atoms with Gasteiger partial charge >= 0.3 is 0 Å². The molecule has 0 radical (unpaired) electrons. The van der Waals surface area contributed by atoms with E-state index in [1.54, 1.807) is 0 Å². The zero-order valence-corrected chi connectivity index (χ0v) is 10.6. The van der Waals surface area contributed by atoms with Crippen molar-refractivity contribution in [2.75, 3.05) is 19.3 Å². The second-order valence-electron chi connectivity index (χ2n) is 4.87. The van der Waals surface area contributed by atoms with E-state index < -0.39 is 0 Å². The number of piperidine rings is 1. The molecule has 1 aliphatic heterocycles. The van der Waals surface area contributed by atoms with Crippen molar-refractivity contribution in [3.63, 3.8) is 0 Å². The average molecular weight is 228 g/mol. The van der Waals surface area contributed by atoms with Crippen molar-refractivity contribution < 1.29 is 0 Å². The summed E-state index contributed by atoms with van der Waals surface area (Å²) < 4.78 is 0. The van der Waals surface area contributed by atoms with Crippen molar-refractivity contribution in [3.05, 3.63) is 0 Å². The van der Waals surface area contributed by atoms with Crippen LogP contribution in [0.2, 0.25) is 0 Å². The first kappa shape index (κ1) is 11.7. The van der Waals surface area contributed by atoms with Gasteiger partial charge in [0.05, 0.1) is 0 Å². The van der Waals surface area contributed by atoms with Gasteiger partial charge in [-0.1, -0.05) is 12.8 Å². The van der Waals surface area contributed by atoms with Crippen LogP contribution in [-0.4, -0.2) is 36.7 Å². The summed E-state index contributed by atoms with van der Waals surface area (Å²) in [6.07, 6.45) is 10.6. The van der Waals surface area contributed by atoms with Gasteiger partial charge in [0.25, 0.3) is 0 Å². The molecule has 0 aromatic carbocycles. The minimum absolute atomic E-state index is 0.738. The van der Waals surface area contributed by atoms with Crippen molar-refractivity contribution in [2.45, 2.75) is 55.9 Å². The summed E-state index contributed by atoms with van der Waals surface area (Å²) in [4.78, 5) is 0. The van der Waals surface area contributed by atoms with E-state index >= 15 is 0 Å². The Kier molecular flexibility index (Phi) is 4.79. The molecule has 2 aliphatic rings. The molecule has 1 saturated heterocycles. The van der Waals surface area contributed by atoms with Crippen molar-refractivity contribution >= 4 is 11.8 Å². The molecule has 1 aliphatic carbocycles. The summed E-state index contributed by atoms with van der Waals surface area (Å²) in [7, 11) is 0. The lowest BCUT2D eigenvalue weighted by atomic mass is 10.0. The maximum atomic E-state index is 3.77. The molecule has 1 saturated carbocycles. The minimum Gasteiger partial charge on any atom is -0.313 e. The zero-order valence-electron chi connectivity index (χ0n) is 9.80. The predicted octanol–water partition coefficient (Wildman–Crippen LogP) is 2.00. The number of hydrogen-bond donors (Lipinski definition) is 2. The van der Waals surface area contributed by atoms with Crippen LogP contribution < -0.4 is 10.6 Å². The quantitative estimate of drug-likeness (QED) is 0.769. The third kappa shape index (κ3) is 3.36. The molecule has 0 aromatic rings. The van der Waals surface area contributed by atoms with Crippen molar-refractivity contribution in [2.24, 2.45) is 0 Å². The largest absolute Gasteiger partial charge is 0.313 e. The Bertz CT molecular complexity index is 180. The first-order chi connectivity index (χ1) is 7.40. The fraction of sp³-hybridized carbons (Fsp3) is 1.00. The Morgan fingerprint density at radius 3 is 2.87 bits per heavy atom. The van der Waals surface area contributed by atoms with Gasteiger partial charge in [-0.25, -0.2) is 0 Å². The maximum Gasteiger partial charge on any atom is 0.0198 e. The number of nitrogens with one attached hydrogen (secondary N) is 2. The van der Waals surface area contributed by atoms with Crippen LogP contribution >= 0.6 is 11.8 Å². The predicted molar refractivity (Wildman–Crippen MR) is 68.6 cm³/mol. The highest BCUT2D eigenvalue weighted by Gasteiger charge is 2.26. The van der Waals surface area contributed by atoms with Gasteiger partial charge in [-0.2, -0.15) is 11.8 Å². The molecule has 2 N–H and O–H groups in total. The van der Waals surface area contributed by atoms with Crippen molar-refractivity contribution in [1.82, 2.24) is 10.6 Å². The molecule has 3 atom stereocenters. The van der Waals surface area contributed by atoms with Gasteiger partial charge in [0.2, 0.25) is 0 Å². The lowest BCUT2D eigenvalue weighted by Crippen LogP contribution is -2.46. The van der Waals surface area contributed by atoms with Crippen LogP contribution in [0.3, 0.4) is 0 Å². The summed E-state index contributed by atoms with van der Waals surface area (Å²) in [5.74, 6) is 0. The third-order valence-corrected chi connectivity index (χ3v) is 4.96. The smallest absolute Gasteiger partial charge is 0.0198 e. The number of thioether (sulfide) groups is 1. The van der Waals surface area contributed by atoms with Gasteiger partial charge in [0.1, 0.15) is 0 Å². The zero-order chi connectivity index (χ0) is 10.5. The standard InChI is InChI=1S/C12H24N2S/c1-15-12-7-4-6-11(12)14-9-10-5-2-3-8-13-10/h10-14H,2-9H2,1H3. The van der Waals surface area contributed by atoms with E-state index in [1.165, 1.54) is 51.6 Å². The second-order valence-corrected chi connectivity index (χ2v) is 5.94. The fourth-order valence-corrected chi connectivity index (χ4v) is 3.80. The third-order valence-electron chi connectivity index (χ3n) is 3.79. The van der Waals surface area contributed by atoms with E-state index in [9.17, 15) is 0 Å². The monoisotopic (exact) mass is 228 g/mol. The average Bonchev–Trinajstić information content (AvgIpc) is 2.75. The molecule has 2 nitrogen and oxygen atoms in total. The first-order valence-electron chi connectivity index (χ1n) is 6.39. The first-order valence-corrected chi connectivity index (χ1v) is 7.68. The van der Waals surface area contributed by atoms with E-state index in [-0.39, 0.29) is 0 Å². The molecule has 3 unspecified atom stereocenters. The topological polar surface area (TPSA) is 24.1 Å². The Balaban J connectivity index is 1.67. The Hall–Kier alpha value is 0.270. The maximum absolute atomic E-state index is 3.77. The van der Waals surface area contributed by atoms with Crippen LogP contribution in [0.1, 0.15) is 38.5 Å². The Morgan fingerprint density at radius 1 is 1.20 bits per heavy atom. The molecule has 0 amide bonds. The van der Waals surface area contributed by atoms with Gasteiger partial charge in [-0.15, -0.1) is 0 Å². The van der Waals surface area contributed by atoms with E-state index in [0.717, 1.165) is 17.3 Å². The van der Waals surface area contributed by atoms with Gasteiger partial charge in [0.15, 0.2) is 0 Å². The minimum atomic E-state index is 0.738. The Labute approximate surface area is 98.0 Å². The van der Waals surface area contributed by atoms with Gasteiger partial charge in [-0.05, 0) is 38.5 Å². The fourth-order valence-electron chi connectivity index (χ4n) is 2.83. The molecule has 2 rings (SSSR count). The van der Waals surface area contributed by atoms with Crippen molar-refractivity contribution in [3.8, 4) is 0 Å². The SMILES string of the molecule is CSC1CCCC1NCC1CCCCN1. The number of hydrogen-bond acceptors (Lipinski definition) is 3. The molecule has 3 heteroatoms. The van der Waals surface area contributed by atoms with Crippen LogP contribution in [0.25, 0.3) is 0 Å². The summed E-state index contributed by atoms with van der Waals surface area (Å²) >= 11 is 2.04. The highest BCUT2D eigenvalue weighted by molar-refractivity contribution is 7.99. The molecule has 1 heterocycles. The van der Waals surface area contributed by atoms with Gasteiger partial charge in [-0.3, -0.25) is 0 Å². The molecule has 0 spiro atoms. The van der Waals surface area contributed by atoms with Crippen LogP contribution in [0.4, 0.5) is 0 Å². The highest BCUT2D eigenvalue weighted by Crippen LogP contribution is 2.28. The number of rotatable bonds is 4. The normalized spacial score (nSPS) is 37.0. The van der Waals surface area contributed by atoms with Gasteiger partial charge in [0, 0.05) is 23.9 Å². The van der Waals surface area contributed by atoms with Crippen molar-refractivity contribution in [1.29, 1.82) is 0 Å². The Morgan fingerprint density at radius 2 is 2.13 bits per heavy atom. The summed E-state index contributed by atoms with van der Waals surface area (Å²) in [5.41, 5.74) is 0. The lowest BCUT2D eigenvalue weighted by Gasteiger charge is -2.27. The van der Waals surface area contributed by atoms with E-state index in [1.807, 2.05) is 11.8 Å². The van der Waals surface area contributed by atoms with E-state index in [2.05, 4.69) is 16.9 Å². The van der Waals surface area contributed by atoms with Crippen LogP contribution in [0.5, 0.6) is 0 Å². The summed E-state index contributed by atoms with van der Waals surface area (Å²) in [6.45, 7) is 2.41. The van der Waals surface area contributed by atoms with E-state index in [4.69, 9.17) is 0 Å². The van der Waals surface area contributed by atoms with Crippen LogP contribution in [0, 0.1) is 0 Å². The second kappa shape index (κ2) is 6.12. The highest BCUT2D eigenvalue weighted by atomic mass is 32.2. The molecular weight excluding hydrogens is 204 g/mol. The molecular formula is C12H24N2S. The van der Waals surface area contributed by atoms with Gasteiger partial charge < -0.3 is 10.6 Å². The van der Waals surface area contributed by atoms with Crippen LogP contribution in [0.15, 0.2) is 0 Å². The van der Waals surface area contributed by atoms with E-state index in [0.29, 0.717) is 0 Å². The molecule has 0 aromatic heterocycles. The molecule has 88 valence electrons.